The van der Waals surface area contributed by atoms with E-state index >= 15 is 0 Å². The zero-order valence-corrected chi connectivity index (χ0v) is 16.9. The molecule has 4 rings (SSSR count). The van der Waals surface area contributed by atoms with Crippen LogP contribution in [0.15, 0.2) is 59.1 Å². The molecule has 0 bridgehead atoms. The van der Waals surface area contributed by atoms with Crippen LogP contribution >= 0.6 is 0 Å². The number of piperazine rings is 1. The van der Waals surface area contributed by atoms with Crippen molar-refractivity contribution in [2.24, 2.45) is 0 Å². The van der Waals surface area contributed by atoms with E-state index in [2.05, 4.69) is 15.0 Å². The Balaban J connectivity index is 1.24. The number of rotatable bonds is 7. The Morgan fingerprint density at radius 2 is 1.73 bits per heavy atom. The van der Waals surface area contributed by atoms with Crippen LogP contribution in [-0.4, -0.2) is 65.7 Å². The number of aromatic nitrogens is 2. The molecule has 8 heteroatoms. The molecule has 2 aromatic carbocycles. The standard InChI is InChI=1S/C22H24N4O4/c1-28-18-9-7-17(8-10-18)22-23-20(24-30-22)15-25-11-13-26(14-12-25)21(27)16-29-19-5-3-2-4-6-19/h2-10H,11-16H2,1H3. The first kappa shape index (κ1) is 19.9. The number of benzene rings is 2. The molecule has 0 aliphatic carbocycles. The summed E-state index contributed by atoms with van der Waals surface area (Å²) in [7, 11) is 1.63. The normalized spacial score (nSPS) is 14.5. The van der Waals surface area contributed by atoms with Crippen LogP contribution in [0.25, 0.3) is 11.5 Å². The van der Waals surface area contributed by atoms with Gasteiger partial charge in [0.05, 0.1) is 13.7 Å². The van der Waals surface area contributed by atoms with Gasteiger partial charge in [-0.15, -0.1) is 0 Å². The van der Waals surface area contributed by atoms with E-state index < -0.39 is 0 Å². The van der Waals surface area contributed by atoms with Crippen molar-refractivity contribution in [1.29, 1.82) is 0 Å². The summed E-state index contributed by atoms with van der Waals surface area (Å²) in [5.41, 5.74) is 0.850. The number of carbonyl (C=O) groups is 1. The minimum Gasteiger partial charge on any atom is -0.497 e. The van der Waals surface area contributed by atoms with Gasteiger partial charge in [-0.1, -0.05) is 23.4 Å². The van der Waals surface area contributed by atoms with Gasteiger partial charge in [0.25, 0.3) is 11.8 Å². The van der Waals surface area contributed by atoms with Crippen LogP contribution in [0.5, 0.6) is 11.5 Å². The number of para-hydroxylation sites is 1. The van der Waals surface area contributed by atoms with Gasteiger partial charge in [0.15, 0.2) is 12.4 Å². The number of carbonyl (C=O) groups excluding carboxylic acids is 1. The first-order valence-electron chi connectivity index (χ1n) is 9.86. The number of ether oxygens (including phenoxy) is 2. The fraction of sp³-hybridized carbons (Fsp3) is 0.318. The third-order valence-electron chi connectivity index (χ3n) is 5.00. The van der Waals surface area contributed by atoms with E-state index in [4.69, 9.17) is 14.0 Å². The summed E-state index contributed by atoms with van der Waals surface area (Å²) >= 11 is 0. The summed E-state index contributed by atoms with van der Waals surface area (Å²) < 4.78 is 16.1. The molecule has 0 N–H and O–H groups in total. The van der Waals surface area contributed by atoms with E-state index in [0.29, 0.717) is 37.1 Å². The Bertz CT molecular complexity index is 951. The first-order chi connectivity index (χ1) is 14.7. The topological polar surface area (TPSA) is 80.9 Å². The third-order valence-corrected chi connectivity index (χ3v) is 5.00. The third kappa shape index (κ3) is 4.96. The Hall–Kier alpha value is -3.39. The lowest BCUT2D eigenvalue weighted by Crippen LogP contribution is -2.49. The lowest BCUT2D eigenvalue weighted by Gasteiger charge is -2.33. The molecule has 1 aromatic heterocycles. The van der Waals surface area contributed by atoms with Crippen LogP contribution in [0.4, 0.5) is 0 Å². The van der Waals surface area contributed by atoms with Crippen LogP contribution in [0, 0.1) is 0 Å². The van der Waals surface area contributed by atoms with Gasteiger partial charge in [-0.05, 0) is 36.4 Å². The summed E-state index contributed by atoms with van der Waals surface area (Å²) in [6.07, 6.45) is 0. The predicted molar refractivity (Wildman–Crippen MR) is 110 cm³/mol. The summed E-state index contributed by atoms with van der Waals surface area (Å²) in [4.78, 5) is 20.9. The SMILES string of the molecule is COc1ccc(-c2nc(CN3CCN(C(=O)COc4ccccc4)CC3)no2)cc1. The first-order valence-corrected chi connectivity index (χ1v) is 9.86. The second-order valence-corrected chi connectivity index (χ2v) is 7.00. The highest BCUT2D eigenvalue weighted by molar-refractivity contribution is 5.77. The average molecular weight is 408 g/mol. The highest BCUT2D eigenvalue weighted by Gasteiger charge is 2.22. The summed E-state index contributed by atoms with van der Waals surface area (Å²) in [5, 5.41) is 4.09. The van der Waals surface area contributed by atoms with E-state index in [1.54, 1.807) is 7.11 Å². The zero-order valence-electron chi connectivity index (χ0n) is 16.9. The van der Waals surface area contributed by atoms with Crippen LogP contribution < -0.4 is 9.47 Å². The lowest BCUT2D eigenvalue weighted by atomic mass is 10.2. The lowest BCUT2D eigenvalue weighted by molar-refractivity contribution is -0.135. The largest absolute Gasteiger partial charge is 0.497 e. The fourth-order valence-electron chi connectivity index (χ4n) is 3.28. The van der Waals surface area contributed by atoms with Crippen molar-refractivity contribution in [1.82, 2.24) is 19.9 Å². The van der Waals surface area contributed by atoms with E-state index in [9.17, 15) is 4.79 Å². The van der Waals surface area contributed by atoms with Crippen LogP contribution in [0.2, 0.25) is 0 Å². The molecule has 0 spiro atoms. The van der Waals surface area contributed by atoms with Gasteiger partial charge in [-0.3, -0.25) is 9.69 Å². The van der Waals surface area contributed by atoms with Crippen molar-refractivity contribution < 1.29 is 18.8 Å². The summed E-state index contributed by atoms with van der Waals surface area (Å²) in [6, 6.07) is 16.9. The molecule has 2 heterocycles. The molecule has 8 nitrogen and oxygen atoms in total. The smallest absolute Gasteiger partial charge is 0.260 e. The molecule has 0 radical (unpaired) electrons. The molecule has 3 aromatic rings. The molecular weight excluding hydrogens is 384 g/mol. The molecule has 1 saturated heterocycles. The minimum atomic E-state index is -0.000133. The predicted octanol–water partition coefficient (Wildman–Crippen LogP) is 2.47. The molecule has 0 atom stereocenters. The van der Waals surface area contributed by atoms with Crippen molar-refractivity contribution in [3.05, 3.63) is 60.4 Å². The Morgan fingerprint density at radius 1 is 1.00 bits per heavy atom. The Labute approximate surface area is 175 Å². The van der Waals surface area contributed by atoms with E-state index in [1.807, 2.05) is 59.5 Å². The number of amides is 1. The van der Waals surface area contributed by atoms with Crippen molar-refractivity contribution in [2.75, 3.05) is 39.9 Å². The highest BCUT2D eigenvalue weighted by atomic mass is 16.5. The van der Waals surface area contributed by atoms with Gasteiger partial charge >= 0.3 is 0 Å². The molecular formula is C22H24N4O4. The average Bonchev–Trinajstić information content (AvgIpc) is 3.27. The molecule has 0 unspecified atom stereocenters. The second kappa shape index (κ2) is 9.41. The maximum absolute atomic E-state index is 12.4. The number of hydrogen-bond donors (Lipinski definition) is 0. The van der Waals surface area contributed by atoms with E-state index in [0.717, 1.165) is 24.4 Å². The highest BCUT2D eigenvalue weighted by Crippen LogP contribution is 2.21. The fourth-order valence-corrected chi connectivity index (χ4v) is 3.28. The number of methoxy groups -OCH3 is 1. The minimum absolute atomic E-state index is 0.000133. The summed E-state index contributed by atoms with van der Waals surface area (Å²) in [5.74, 6) is 2.60. The zero-order chi connectivity index (χ0) is 20.8. The van der Waals surface area contributed by atoms with Gasteiger partial charge in [-0.2, -0.15) is 4.98 Å². The quantitative estimate of drug-likeness (QED) is 0.594. The molecule has 30 heavy (non-hydrogen) atoms. The summed E-state index contributed by atoms with van der Waals surface area (Å²) in [6.45, 7) is 3.45. The Morgan fingerprint density at radius 3 is 2.43 bits per heavy atom. The molecule has 1 aliphatic heterocycles. The van der Waals surface area contributed by atoms with Gasteiger partial charge in [0.1, 0.15) is 11.5 Å². The van der Waals surface area contributed by atoms with Crippen molar-refractivity contribution >= 4 is 5.91 Å². The van der Waals surface area contributed by atoms with Crippen LogP contribution in [0.1, 0.15) is 5.82 Å². The number of hydrogen-bond acceptors (Lipinski definition) is 7. The monoisotopic (exact) mass is 408 g/mol. The van der Waals surface area contributed by atoms with Crippen molar-refractivity contribution in [3.8, 4) is 23.0 Å². The van der Waals surface area contributed by atoms with Crippen LogP contribution in [0.3, 0.4) is 0 Å². The Kier molecular flexibility index (Phi) is 6.24. The van der Waals surface area contributed by atoms with E-state index in [1.165, 1.54) is 0 Å². The maximum atomic E-state index is 12.4. The van der Waals surface area contributed by atoms with Gasteiger partial charge in [0.2, 0.25) is 0 Å². The molecule has 1 amide bonds. The maximum Gasteiger partial charge on any atom is 0.260 e. The van der Waals surface area contributed by atoms with Crippen molar-refractivity contribution in [2.45, 2.75) is 6.54 Å². The number of nitrogens with zero attached hydrogens (tertiary/aromatic N) is 4. The van der Waals surface area contributed by atoms with E-state index in [-0.39, 0.29) is 12.5 Å². The molecule has 156 valence electrons. The van der Waals surface area contributed by atoms with Gasteiger partial charge < -0.3 is 18.9 Å². The molecule has 0 saturated carbocycles. The molecule has 1 aliphatic rings. The second-order valence-electron chi connectivity index (χ2n) is 7.00. The van der Waals surface area contributed by atoms with Crippen molar-refractivity contribution in [3.63, 3.8) is 0 Å². The van der Waals surface area contributed by atoms with Gasteiger partial charge in [-0.25, -0.2) is 0 Å². The van der Waals surface area contributed by atoms with Crippen LogP contribution in [-0.2, 0) is 11.3 Å². The van der Waals surface area contributed by atoms with Gasteiger partial charge in [0, 0.05) is 31.7 Å². The molecule has 1 fully saturated rings.